The van der Waals surface area contributed by atoms with Gasteiger partial charge < -0.3 is 24.8 Å². The molecule has 8 heteroatoms. The Morgan fingerprint density at radius 3 is 2.97 bits per heavy atom. The van der Waals surface area contributed by atoms with Gasteiger partial charge in [0.05, 0.1) is 30.7 Å². The average Bonchev–Trinajstić information content (AvgIpc) is 3.51. The van der Waals surface area contributed by atoms with Crippen LogP contribution in [0.15, 0.2) is 48.4 Å². The van der Waals surface area contributed by atoms with E-state index in [1.807, 2.05) is 54.1 Å². The second-order valence-corrected chi connectivity index (χ2v) is 9.32. The van der Waals surface area contributed by atoms with Gasteiger partial charge in [-0.15, -0.1) is 0 Å². The number of nitrogens with one attached hydrogen (secondary N) is 1. The van der Waals surface area contributed by atoms with Crippen molar-refractivity contribution in [2.45, 2.75) is 51.2 Å². The molecule has 0 amide bonds. The summed E-state index contributed by atoms with van der Waals surface area (Å²) in [5.41, 5.74) is 5.32. The Kier molecular flexibility index (Phi) is 6.55. The van der Waals surface area contributed by atoms with E-state index >= 15 is 0 Å². The number of aryl methyl sites for hydroxylation is 1. The second kappa shape index (κ2) is 9.92. The number of pyridine rings is 1. The van der Waals surface area contributed by atoms with Crippen molar-refractivity contribution in [2.24, 2.45) is 0 Å². The highest BCUT2D eigenvalue weighted by molar-refractivity contribution is 5.68. The SMILES string of the molecule is C/C(=C/c1cn(CC(CC(=O)O)c2ccc3c(c2)OCC3)cn1)C(O)c1ccc2c(n1)NCCC2. The van der Waals surface area contributed by atoms with Gasteiger partial charge in [0.1, 0.15) is 17.7 Å². The van der Waals surface area contributed by atoms with Crippen molar-refractivity contribution in [3.8, 4) is 5.75 Å². The Hall–Kier alpha value is -3.65. The minimum Gasteiger partial charge on any atom is -0.493 e. The van der Waals surface area contributed by atoms with E-state index in [4.69, 9.17) is 4.74 Å². The molecule has 2 aliphatic heterocycles. The number of imidazole rings is 1. The van der Waals surface area contributed by atoms with E-state index in [2.05, 4.69) is 15.3 Å². The van der Waals surface area contributed by atoms with Crippen molar-refractivity contribution in [1.29, 1.82) is 0 Å². The molecule has 0 bridgehead atoms. The molecule has 3 N–H and O–H groups in total. The fourth-order valence-electron chi connectivity index (χ4n) is 4.78. The van der Waals surface area contributed by atoms with Crippen molar-refractivity contribution in [3.05, 3.63) is 76.5 Å². The number of hydrogen-bond acceptors (Lipinski definition) is 6. The summed E-state index contributed by atoms with van der Waals surface area (Å²) in [5.74, 6) is 0.642. The van der Waals surface area contributed by atoms with Gasteiger partial charge in [-0.3, -0.25) is 4.79 Å². The largest absolute Gasteiger partial charge is 0.493 e. The van der Waals surface area contributed by atoms with E-state index in [0.29, 0.717) is 24.5 Å². The molecule has 2 atom stereocenters. The van der Waals surface area contributed by atoms with Crippen molar-refractivity contribution >= 4 is 17.9 Å². The summed E-state index contributed by atoms with van der Waals surface area (Å²) >= 11 is 0. The average molecular weight is 475 g/mol. The molecular weight excluding hydrogens is 444 g/mol. The number of carbonyl (C=O) groups is 1. The van der Waals surface area contributed by atoms with Crippen LogP contribution in [-0.4, -0.2) is 43.9 Å². The molecule has 0 fully saturated rings. The van der Waals surface area contributed by atoms with Crippen LogP contribution in [-0.2, 0) is 24.2 Å². The van der Waals surface area contributed by atoms with Gasteiger partial charge in [0.15, 0.2) is 0 Å². The molecule has 5 rings (SSSR count). The summed E-state index contributed by atoms with van der Waals surface area (Å²) in [6.45, 7) is 3.90. The predicted octanol–water partition coefficient (Wildman–Crippen LogP) is 3.97. The molecule has 0 spiro atoms. The quantitative estimate of drug-likeness (QED) is 0.453. The zero-order valence-corrected chi connectivity index (χ0v) is 19.8. The van der Waals surface area contributed by atoms with Crippen LogP contribution in [0.25, 0.3) is 6.08 Å². The zero-order valence-electron chi connectivity index (χ0n) is 19.8. The number of aliphatic hydroxyl groups excluding tert-OH is 1. The summed E-state index contributed by atoms with van der Waals surface area (Å²) in [4.78, 5) is 20.6. The lowest BCUT2D eigenvalue weighted by Crippen LogP contribution is -2.15. The minimum absolute atomic E-state index is 0.0118. The number of anilines is 1. The highest BCUT2D eigenvalue weighted by Crippen LogP contribution is 2.32. The molecule has 0 radical (unpaired) electrons. The molecule has 1 aromatic carbocycles. The first-order valence-electron chi connectivity index (χ1n) is 12.1. The number of nitrogens with zero attached hydrogens (tertiary/aromatic N) is 3. The predicted molar refractivity (Wildman–Crippen MR) is 133 cm³/mol. The van der Waals surface area contributed by atoms with Gasteiger partial charge >= 0.3 is 5.97 Å². The van der Waals surface area contributed by atoms with E-state index in [1.165, 1.54) is 5.56 Å². The monoisotopic (exact) mass is 474 g/mol. The first-order valence-corrected chi connectivity index (χ1v) is 12.1. The third-order valence-electron chi connectivity index (χ3n) is 6.70. The third-order valence-corrected chi connectivity index (χ3v) is 6.70. The summed E-state index contributed by atoms with van der Waals surface area (Å²) in [6, 6.07) is 9.91. The fourth-order valence-corrected chi connectivity index (χ4v) is 4.78. The molecule has 8 nitrogen and oxygen atoms in total. The van der Waals surface area contributed by atoms with Crippen LogP contribution >= 0.6 is 0 Å². The van der Waals surface area contributed by atoms with E-state index in [0.717, 1.165) is 54.1 Å². The van der Waals surface area contributed by atoms with Crippen LogP contribution in [0, 0.1) is 0 Å². The molecule has 0 saturated heterocycles. The lowest BCUT2D eigenvalue weighted by atomic mass is 9.94. The van der Waals surface area contributed by atoms with Gasteiger partial charge in [0.2, 0.25) is 0 Å². The van der Waals surface area contributed by atoms with Crippen LogP contribution in [0.3, 0.4) is 0 Å². The Balaban J connectivity index is 1.31. The van der Waals surface area contributed by atoms with Gasteiger partial charge in [-0.25, -0.2) is 9.97 Å². The van der Waals surface area contributed by atoms with Gasteiger partial charge in [0, 0.05) is 31.6 Å². The van der Waals surface area contributed by atoms with E-state index in [-0.39, 0.29) is 12.3 Å². The number of fused-ring (bicyclic) bond motifs is 2. The molecule has 35 heavy (non-hydrogen) atoms. The normalized spacial score (nSPS) is 16.6. The van der Waals surface area contributed by atoms with Gasteiger partial charge in [-0.1, -0.05) is 18.2 Å². The molecule has 0 saturated carbocycles. The van der Waals surface area contributed by atoms with E-state index in [9.17, 15) is 15.0 Å². The molecule has 4 heterocycles. The topological polar surface area (TPSA) is 110 Å². The molecule has 2 aliphatic rings. The number of aromatic nitrogens is 3. The maximum Gasteiger partial charge on any atom is 0.304 e. The maximum absolute atomic E-state index is 11.6. The molecule has 2 unspecified atom stereocenters. The van der Waals surface area contributed by atoms with Gasteiger partial charge in [-0.05, 0) is 60.2 Å². The van der Waals surface area contributed by atoms with Crippen molar-refractivity contribution < 1.29 is 19.7 Å². The van der Waals surface area contributed by atoms with Crippen LogP contribution in [0.2, 0.25) is 0 Å². The number of carboxylic acid groups (broad SMARTS) is 1. The maximum atomic E-state index is 11.6. The highest BCUT2D eigenvalue weighted by Gasteiger charge is 2.21. The minimum atomic E-state index is -0.845. The number of rotatable bonds is 8. The van der Waals surface area contributed by atoms with Gasteiger partial charge in [0.25, 0.3) is 0 Å². The van der Waals surface area contributed by atoms with Crippen LogP contribution < -0.4 is 10.1 Å². The summed E-state index contributed by atoms with van der Waals surface area (Å²) < 4.78 is 7.57. The van der Waals surface area contributed by atoms with Crippen molar-refractivity contribution in [1.82, 2.24) is 14.5 Å². The van der Waals surface area contributed by atoms with Gasteiger partial charge in [-0.2, -0.15) is 0 Å². The lowest BCUT2D eigenvalue weighted by molar-refractivity contribution is -0.137. The Bertz CT molecular complexity index is 1270. The number of carboxylic acids is 1. The van der Waals surface area contributed by atoms with E-state index in [1.54, 1.807) is 6.33 Å². The summed E-state index contributed by atoms with van der Waals surface area (Å²) in [6.07, 6.45) is 7.57. The molecule has 0 aliphatic carbocycles. The second-order valence-electron chi connectivity index (χ2n) is 9.32. The van der Waals surface area contributed by atoms with E-state index < -0.39 is 12.1 Å². The highest BCUT2D eigenvalue weighted by atomic mass is 16.5. The van der Waals surface area contributed by atoms with Crippen molar-refractivity contribution in [2.75, 3.05) is 18.5 Å². The van der Waals surface area contributed by atoms with Crippen LogP contribution in [0.4, 0.5) is 5.82 Å². The smallest absolute Gasteiger partial charge is 0.304 e. The Morgan fingerprint density at radius 2 is 2.11 bits per heavy atom. The summed E-state index contributed by atoms with van der Waals surface area (Å²) in [7, 11) is 0. The Labute approximate surface area is 204 Å². The molecular formula is C27H30N4O4. The summed E-state index contributed by atoms with van der Waals surface area (Å²) in [5, 5.41) is 23.6. The van der Waals surface area contributed by atoms with Crippen molar-refractivity contribution in [3.63, 3.8) is 0 Å². The molecule has 2 aromatic heterocycles. The standard InChI is InChI=1S/C27H30N4O4/c1-17(26(34)23-7-6-19-3-2-9-28-27(19)30-23)11-22-15-31(16-29-22)14-21(13-25(32)33)20-5-4-18-8-10-35-24(18)12-20/h4-7,11-12,15-16,21,26,34H,2-3,8-10,13-14H2,1H3,(H,28,30)(H,32,33)/b17-11-. The number of ether oxygens (including phenoxy) is 1. The number of hydrogen-bond donors (Lipinski definition) is 3. The Morgan fingerprint density at radius 1 is 1.26 bits per heavy atom. The third kappa shape index (κ3) is 5.22. The molecule has 3 aromatic rings. The fraction of sp³-hybridized carbons (Fsp3) is 0.370. The molecule has 182 valence electrons. The van der Waals surface area contributed by atoms with Crippen LogP contribution in [0.5, 0.6) is 5.75 Å². The lowest BCUT2D eigenvalue weighted by Gasteiger charge is -2.19. The first kappa shape index (κ1) is 23.1. The first-order chi connectivity index (χ1) is 17.0. The number of aliphatic hydroxyl groups is 1. The van der Waals surface area contributed by atoms with Crippen LogP contribution in [0.1, 0.15) is 59.9 Å². The number of aliphatic carboxylic acids is 1. The zero-order chi connectivity index (χ0) is 24.4. The number of benzene rings is 1.